The van der Waals surface area contributed by atoms with E-state index in [1.807, 2.05) is 4.83 Å². The van der Waals surface area contributed by atoms with Crippen molar-refractivity contribution in [3.63, 3.8) is 0 Å². The summed E-state index contributed by atoms with van der Waals surface area (Å²) in [6.45, 7) is 0. The number of nitrogens with one attached hydrogen (secondary N) is 2. The van der Waals surface area contributed by atoms with E-state index in [-0.39, 0.29) is 5.69 Å². The SMILES string of the molecule is O=[N+]([O-])c1ccc(NNS(=O)(=O)/C=C/c2ccccc2)c([N+](=O)[O-])c1. The lowest BCUT2D eigenvalue weighted by atomic mass is 10.2. The van der Waals surface area contributed by atoms with Crippen LogP contribution in [0.2, 0.25) is 0 Å². The molecule has 2 N–H and O–H groups in total. The number of hydrazine groups is 1. The Labute approximate surface area is 142 Å². The number of nitro benzene ring substituents is 2. The van der Waals surface area contributed by atoms with Crippen molar-refractivity contribution < 1.29 is 18.3 Å². The van der Waals surface area contributed by atoms with E-state index in [1.165, 1.54) is 6.08 Å². The molecular formula is C14H12N4O6S. The van der Waals surface area contributed by atoms with Gasteiger partial charge in [-0.05, 0) is 17.7 Å². The first-order valence-electron chi connectivity index (χ1n) is 6.72. The molecule has 2 aromatic carbocycles. The summed E-state index contributed by atoms with van der Waals surface area (Å²) in [7, 11) is -3.95. The molecule has 0 bridgehead atoms. The standard InChI is InChI=1S/C14H12N4O6S/c19-17(20)12-6-7-13(14(10-12)18(21)22)15-16-25(23,24)9-8-11-4-2-1-3-5-11/h1-10,15-16H/b9-8+. The predicted octanol–water partition coefficient (Wildman–Crippen LogP) is 2.42. The topological polar surface area (TPSA) is 144 Å². The van der Waals surface area contributed by atoms with Gasteiger partial charge < -0.3 is 5.43 Å². The molecule has 0 heterocycles. The summed E-state index contributed by atoms with van der Waals surface area (Å²) in [5, 5.41) is 22.5. The lowest BCUT2D eigenvalue weighted by Gasteiger charge is -2.07. The van der Waals surface area contributed by atoms with Crippen LogP contribution in [0.1, 0.15) is 5.56 Å². The molecule has 2 rings (SSSR count). The second kappa shape index (κ2) is 7.51. The number of sulfonamides is 1. The van der Waals surface area contributed by atoms with Crippen LogP contribution in [0.4, 0.5) is 17.1 Å². The molecule has 0 amide bonds. The largest absolute Gasteiger partial charge is 0.302 e. The molecule has 11 heteroatoms. The van der Waals surface area contributed by atoms with Gasteiger partial charge in [-0.15, -0.1) is 4.83 Å². The minimum atomic E-state index is -3.95. The quantitative estimate of drug-likeness (QED) is 0.567. The Hall–Kier alpha value is -3.31. The Kier molecular flexibility index (Phi) is 5.41. The van der Waals surface area contributed by atoms with Gasteiger partial charge in [-0.25, -0.2) is 8.42 Å². The molecular weight excluding hydrogens is 352 g/mol. The molecule has 0 aromatic heterocycles. The first kappa shape index (κ1) is 18.0. The minimum Gasteiger partial charge on any atom is -0.302 e. The van der Waals surface area contributed by atoms with E-state index in [4.69, 9.17) is 0 Å². The van der Waals surface area contributed by atoms with Crippen LogP contribution < -0.4 is 10.3 Å². The normalized spacial score (nSPS) is 11.4. The molecule has 25 heavy (non-hydrogen) atoms. The molecule has 0 unspecified atom stereocenters. The Bertz CT molecular complexity index is 928. The second-order valence-corrected chi connectivity index (χ2v) is 6.27. The van der Waals surface area contributed by atoms with Crippen molar-refractivity contribution in [2.24, 2.45) is 0 Å². The molecule has 0 saturated heterocycles. The van der Waals surface area contributed by atoms with E-state index in [0.717, 1.165) is 23.6 Å². The van der Waals surface area contributed by atoms with E-state index in [9.17, 15) is 28.6 Å². The van der Waals surface area contributed by atoms with Crippen LogP contribution in [0.5, 0.6) is 0 Å². The van der Waals surface area contributed by atoms with E-state index < -0.39 is 31.2 Å². The Balaban J connectivity index is 2.16. The molecule has 0 aliphatic carbocycles. The highest BCUT2D eigenvalue weighted by molar-refractivity contribution is 7.92. The minimum absolute atomic E-state index is 0.229. The summed E-state index contributed by atoms with van der Waals surface area (Å²) in [5.74, 6) is 0. The van der Waals surface area contributed by atoms with Crippen LogP contribution in [0.3, 0.4) is 0 Å². The molecule has 0 fully saturated rings. The van der Waals surface area contributed by atoms with Crippen LogP contribution in [-0.4, -0.2) is 18.3 Å². The zero-order valence-corrected chi connectivity index (χ0v) is 13.3. The number of hydrogen-bond donors (Lipinski definition) is 2. The number of anilines is 1. The average molecular weight is 364 g/mol. The number of hydrogen-bond acceptors (Lipinski definition) is 7. The van der Waals surface area contributed by atoms with Crippen molar-refractivity contribution in [2.45, 2.75) is 0 Å². The fraction of sp³-hybridized carbons (Fsp3) is 0. The second-order valence-electron chi connectivity index (χ2n) is 4.70. The zero-order valence-electron chi connectivity index (χ0n) is 12.5. The van der Waals surface area contributed by atoms with Gasteiger partial charge in [0.05, 0.1) is 15.9 Å². The van der Waals surface area contributed by atoms with Crippen molar-refractivity contribution in [3.8, 4) is 0 Å². The highest BCUT2D eigenvalue weighted by Crippen LogP contribution is 2.28. The lowest BCUT2D eigenvalue weighted by molar-refractivity contribution is -0.393. The highest BCUT2D eigenvalue weighted by Gasteiger charge is 2.20. The molecule has 0 radical (unpaired) electrons. The van der Waals surface area contributed by atoms with Crippen LogP contribution in [0.25, 0.3) is 6.08 Å². The van der Waals surface area contributed by atoms with E-state index in [2.05, 4.69) is 5.43 Å². The molecule has 130 valence electrons. The van der Waals surface area contributed by atoms with Gasteiger partial charge in [-0.3, -0.25) is 20.2 Å². The van der Waals surface area contributed by atoms with Gasteiger partial charge in [0.25, 0.3) is 5.69 Å². The van der Waals surface area contributed by atoms with Crippen LogP contribution in [-0.2, 0) is 10.0 Å². The fourth-order valence-electron chi connectivity index (χ4n) is 1.78. The predicted molar refractivity (Wildman–Crippen MR) is 90.9 cm³/mol. The Morgan fingerprint density at radius 3 is 2.24 bits per heavy atom. The van der Waals surface area contributed by atoms with E-state index >= 15 is 0 Å². The van der Waals surface area contributed by atoms with Crippen molar-refractivity contribution in [1.82, 2.24) is 4.83 Å². The van der Waals surface area contributed by atoms with Crippen LogP contribution >= 0.6 is 0 Å². The van der Waals surface area contributed by atoms with Crippen LogP contribution in [0.15, 0.2) is 53.9 Å². The van der Waals surface area contributed by atoms with E-state index in [1.54, 1.807) is 30.3 Å². The fourth-order valence-corrected chi connectivity index (χ4v) is 2.44. The highest BCUT2D eigenvalue weighted by atomic mass is 32.2. The summed E-state index contributed by atoms with van der Waals surface area (Å²) in [6, 6.07) is 11.4. The third-order valence-corrected chi connectivity index (χ3v) is 3.84. The van der Waals surface area contributed by atoms with Crippen molar-refractivity contribution in [1.29, 1.82) is 0 Å². The summed E-state index contributed by atoms with van der Waals surface area (Å²) >= 11 is 0. The molecule has 0 atom stereocenters. The van der Waals surface area contributed by atoms with Gasteiger partial charge in [0.2, 0.25) is 10.0 Å². The zero-order chi connectivity index (χ0) is 18.4. The van der Waals surface area contributed by atoms with Crippen molar-refractivity contribution in [2.75, 3.05) is 5.43 Å². The maximum atomic E-state index is 11.9. The van der Waals surface area contributed by atoms with E-state index in [0.29, 0.717) is 5.56 Å². The van der Waals surface area contributed by atoms with Gasteiger partial charge in [-0.2, -0.15) is 0 Å². The lowest BCUT2D eigenvalue weighted by Crippen LogP contribution is -2.27. The molecule has 0 aliphatic rings. The first-order chi connectivity index (χ1) is 11.8. The Morgan fingerprint density at radius 2 is 1.64 bits per heavy atom. The molecule has 0 saturated carbocycles. The smallest absolute Gasteiger partial charge is 0.300 e. The first-order valence-corrected chi connectivity index (χ1v) is 8.27. The number of rotatable bonds is 7. The summed E-state index contributed by atoms with van der Waals surface area (Å²) in [6.07, 6.45) is 1.34. The van der Waals surface area contributed by atoms with Gasteiger partial charge in [-0.1, -0.05) is 30.3 Å². The van der Waals surface area contributed by atoms with Crippen molar-refractivity contribution in [3.05, 3.63) is 79.7 Å². The number of nitro groups is 2. The summed E-state index contributed by atoms with van der Waals surface area (Å²) < 4.78 is 23.8. The van der Waals surface area contributed by atoms with Gasteiger partial charge >= 0.3 is 5.69 Å². The summed E-state index contributed by atoms with van der Waals surface area (Å²) in [5.41, 5.74) is 1.48. The van der Waals surface area contributed by atoms with Gasteiger partial charge in [0, 0.05) is 11.5 Å². The van der Waals surface area contributed by atoms with Crippen molar-refractivity contribution >= 4 is 33.2 Å². The third kappa shape index (κ3) is 5.09. The van der Waals surface area contributed by atoms with Gasteiger partial charge in [0.1, 0.15) is 5.69 Å². The average Bonchev–Trinajstić information content (AvgIpc) is 2.59. The maximum absolute atomic E-state index is 11.9. The maximum Gasteiger partial charge on any atom is 0.300 e. The number of non-ortho nitro benzene ring substituents is 1. The Morgan fingerprint density at radius 1 is 0.960 bits per heavy atom. The number of nitrogens with zero attached hydrogens (tertiary/aromatic N) is 2. The third-order valence-electron chi connectivity index (χ3n) is 2.96. The monoisotopic (exact) mass is 364 g/mol. The molecule has 0 spiro atoms. The molecule has 2 aromatic rings. The summed E-state index contributed by atoms with van der Waals surface area (Å²) in [4.78, 5) is 22.0. The van der Waals surface area contributed by atoms with Crippen LogP contribution in [0, 0.1) is 20.2 Å². The molecule has 0 aliphatic heterocycles. The number of benzene rings is 2. The molecule has 10 nitrogen and oxygen atoms in total. The van der Waals surface area contributed by atoms with Gasteiger partial charge in [0.15, 0.2) is 0 Å².